The van der Waals surface area contributed by atoms with Crippen LogP contribution in [0.4, 0.5) is 0 Å². The smallest absolute Gasteiger partial charge is 0.244 e. The van der Waals surface area contributed by atoms with E-state index in [2.05, 4.69) is 15.5 Å². The standard InChI is InChI=1S/C11H13N5O2/c1-15(6-9-2-4-10(17)5-3-9)11(18)7-16-8-12-13-14-16/h2-5,8,17H,6-7H2,1H3. The van der Waals surface area contributed by atoms with Gasteiger partial charge in [-0.3, -0.25) is 4.79 Å². The van der Waals surface area contributed by atoms with Crippen LogP contribution in [0.25, 0.3) is 0 Å². The van der Waals surface area contributed by atoms with Gasteiger partial charge in [0.25, 0.3) is 0 Å². The summed E-state index contributed by atoms with van der Waals surface area (Å²) in [5.74, 6) is 0.122. The third kappa shape index (κ3) is 3.03. The Morgan fingerprint density at radius 2 is 2.11 bits per heavy atom. The molecule has 7 nitrogen and oxygen atoms in total. The van der Waals surface area contributed by atoms with Crippen molar-refractivity contribution in [2.45, 2.75) is 13.1 Å². The van der Waals surface area contributed by atoms with Crippen LogP contribution in [0.5, 0.6) is 5.75 Å². The summed E-state index contributed by atoms with van der Waals surface area (Å²) in [7, 11) is 1.71. The predicted octanol–water partition coefficient (Wildman–Crippen LogP) is 0.0373. The zero-order valence-corrected chi connectivity index (χ0v) is 9.89. The van der Waals surface area contributed by atoms with Gasteiger partial charge >= 0.3 is 0 Å². The Morgan fingerprint density at radius 1 is 1.39 bits per heavy atom. The quantitative estimate of drug-likeness (QED) is 0.824. The molecule has 0 aliphatic heterocycles. The Kier molecular flexibility index (Phi) is 3.52. The molecule has 0 spiro atoms. The number of nitrogens with zero attached hydrogens (tertiary/aromatic N) is 5. The highest BCUT2D eigenvalue weighted by molar-refractivity contribution is 5.75. The molecular formula is C11H13N5O2. The van der Waals surface area contributed by atoms with Crippen LogP contribution in [0, 0.1) is 0 Å². The number of amides is 1. The summed E-state index contributed by atoms with van der Waals surface area (Å²) < 4.78 is 1.37. The number of hydrogen-bond donors (Lipinski definition) is 1. The summed E-state index contributed by atoms with van der Waals surface area (Å²) in [5.41, 5.74) is 0.945. The molecular weight excluding hydrogens is 234 g/mol. The number of aromatic nitrogens is 4. The summed E-state index contributed by atoms with van der Waals surface area (Å²) in [5, 5.41) is 19.7. The van der Waals surface area contributed by atoms with Crippen LogP contribution in [-0.2, 0) is 17.9 Å². The van der Waals surface area contributed by atoms with Gasteiger partial charge in [-0.05, 0) is 28.1 Å². The van der Waals surface area contributed by atoms with Crippen molar-refractivity contribution in [2.24, 2.45) is 0 Å². The molecule has 0 saturated carbocycles. The highest BCUT2D eigenvalue weighted by Crippen LogP contribution is 2.11. The van der Waals surface area contributed by atoms with Gasteiger partial charge in [0.2, 0.25) is 5.91 Å². The van der Waals surface area contributed by atoms with E-state index in [1.54, 1.807) is 36.2 Å². The van der Waals surface area contributed by atoms with Crippen molar-refractivity contribution in [3.8, 4) is 5.75 Å². The molecule has 0 fully saturated rings. The Balaban J connectivity index is 1.93. The zero-order chi connectivity index (χ0) is 13.0. The maximum Gasteiger partial charge on any atom is 0.244 e. The fourth-order valence-electron chi connectivity index (χ4n) is 1.48. The summed E-state index contributed by atoms with van der Waals surface area (Å²) in [6.07, 6.45) is 1.40. The van der Waals surface area contributed by atoms with Crippen LogP contribution in [0.3, 0.4) is 0 Å². The molecule has 1 aromatic carbocycles. The minimum atomic E-state index is -0.0876. The summed E-state index contributed by atoms with van der Waals surface area (Å²) in [6, 6.07) is 6.73. The molecule has 0 saturated heterocycles. The zero-order valence-electron chi connectivity index (χ0n) is 9.89. The molecule has 1 N–H and O–H groups in total. The summed E-state index contributed by atoms with van der Waals surface area (Å²) in [4.78, 5) is 13.4. The lowest BCUT2D eigenvalue weighted by atomic mass is 10.2. The first-order valence-corrected chi connectivity index (χ1v) is 5.38. The van der Waals surface area contributed by atoms with E-state index in [1.807, 2.05) is 0 Å². The van der Waals surface area contributed by atoms with Crippen molar-refractivity contribution in [1.82, 2.24) is 25.1 Å². The number of hydrogen-bond acceptors (Lipinski definition) is 5. The van der Waals surface area contributed by atoms with Gasteiger partial charge in [-0.25, -0.2) is 4.68 Å². The van der Waals surface area contributed by atoms with E-state index >= 15 is 0 Å². The number of carbonyl (C=O) groups excluding carboxylic acids is 1. The second kappa shape index (κ2) is 5.26. The lowest BCUT2D eigenvalue weighted by molar-refractivity contribution is -0.131. The second-order valence-corrected chi connectivity index (χ2v) is 3.92. The van der Waals surface area contributed by atoms with Crippen LogP contribution >= 0.6 is 0 Å². The van der Waals surface area contributed by atoms with Gasteiger partial charge in [0.05, 0.1) is 0 Å². The molecule has 0 unspecified atom stereocenters. The van der Waals surface area contributed by atoms with Gasteiger partial charge < -0.3 is 10.0 Å². The molecule has 0 aliphatic rings. The number of rotatable bonds is 4. The molecule has 1 heterocycles. The fraction of sp³-hybridized carbons (Fsp3) is 0.273. The Morgan fingerprint density at radius 3 is 2.72 bits per heavy atom. The number of tetrazole rings is 1. The van der Waals surface area contributed by atoms with E-state index in [0.29, 0.717) is 6.54 Å². The molecule has 1 aromatic heterocycles. The van der Waals surface area contributed by atoms with E-state index in [4.69, 9.17) is 5.11 Å². The molecule has 2 aromatic rings. The summed E-state index contributed by atoms with van der Waals surface area (Å²) in [6.45, 7) is 0.586. The largest absolute Gasteiger partial charge is 0.508 e. The number of benzene rings is 1. The number of phenols is 1. The van der Waals surface area contributed by atoms with Crippen molar-refractivity contribution in [3.63, 3.8) is 0 Å². The maximum absolute atomic E-state index is 11.8. The average Bonchev–Trinajstić information content (AvgIpc) is 2.85. The minimum Gasteiger partial charge on any atom is -0.508 e. The molecule has 2 rings (SSSR count). The van der Waals surface area contributed by atoms with E-state index in [-0.39, 0.29) is 18.2 Å². The van der Waals surface area contributed by atoms with E-state index in [0.717, 1.165) is 5.56 Å². The Hall–Kier alpha value is -2.44. The molecule has 7 heteroatoms. The number of aromatic hydroxyl groups is 1. The molecule has 0 radical (unpaired) electrons. The van der Waals surface area contributed by atoms with Gasteiger partial charge in [0, 0.05) is 13.6 Å². The second-order valence-electron chi connectivity index (χ2n) is 3.92. The third-order valence-corrected chi connectivity index (χ3v) is 2.47. The van der Waals surface area contributed by atoms with Crippen molar-refractivity contribution in [2.75, 3.05) is 7.05 Å². The van der Waals surface area contributed by atoms with Crippen LogP contribution < -0.4 is 0 Å². The van der Waals surface area contributed by atoms with Gasteiger partial charge in [-0.1, -0.05) is 12.1 Å². The molecule has 0 aliphatic carbocycles. The maximum atomic E-state index is 11.8. The first-order valence-electron chi connectivity index (χ1n) is 5.38. The molecule has 94 valence electrons. The van der Waals surface area contributed by atoms with Crippen molar-refractivity contribution < 1.29 is 9.90 Å². The van der Waals surface area contributed by atoms with Gasteiger partial charge in [-0.2, -0.15) is 0 Å². The first-order chi connectivity index (χ1) is 8.65. The number of phenolic OH excluding ortho intramolecular Hbond substituents is 1. The number of carbonyl (C=O) groups is 1. The van der Waals surface area contributed by atoms with E-state index < -0.39 is 0 Å². The van der Waals surface area contributed by atoms with Crippen molar-refractivity contribution in [1.29, 1.82) is 0 Å². The normalized spacial score (nSPS) is 10.3. The highest BCUT2D eigenvalue weighted by Gasteiger charge is 2.10. The van der Waals surface area contributed by atoms with Crippen LogP contribution in [0.1, 0.15) is 5.56 Å². The van der Waals surface area contributed by atoms with Crippen molar-refractivity contribution in [3.05, 3.63) is 36.2 Å². The molecule has 18 heavy (non-hydrogen) atoms. The monoisotopic (exact) mass is 247 g/mol. The van der Waals surface area contributed by atoms with E-state index in [1.165, 1.54) is 11.0 Å². The van der Waals surface area contributed by atoms with Crippen LogP contribution in [-0.4, -0.2) is 43.2 Å². The van der Waals surface area contributed by atoms with Crippen LogP contribution in [0.15, 0.2) is 30.6 Å². The third-order valence-electron chi connectivity index (χ3n) is 2.47. The van der Waals surface area contributed by atoms with E-state index in [9.17, 15) is 4.79 Å². The summed E-state index contributed by atoms with van der Waals surface area (Å²) >= 11 is 0. The minimum absolute atomic E-state index is 0.0876. The topological polar surface area (TPSA) is 84.1 Å². The van der Waals surface area contributed by atoms with Crippen LogP contribution in [0.2, 0.25) is 0 Å². The lowest BCUT2D eigenvalue weighted by Crippen LogP contribution is -2.29. The van der Waals surface area contributed by atoms with Gasteiger partial charge in [-0.15, -0.1) is 5.10 Å². The Bertz CT molecular complexity index is 509. The van der Waals surface area contributed by atoms with Gasteiger partial charge in [0.15, 0.2) is 0 Å². The molecule has 1 amide bonds. The number of likely N-dealkylation sites (N-methyl/N-ethyl adjacent to an activating group) is 1. The Labute approximate surface area is 104 Å². The lowest BCUT2D eigenvalue weighted by Gasteiger charge is -2.16. The van der Waals surface area contributed by atoms with Crippen molar-refractivity contribution >= 4 is 5.91 Å². The van der Waals surface area contributed by atoms with Gasteiger partial charge in [0.1, 0.15) is 18.6 Å². The highest BCUT2D eigenvalue weighted by atomic mass is 16.3. The fourth-order valence-corrected chi connectivity index (χ4v) is 1.48. The average molecular weight is 247 g/mol. The first kappa shape index (κ1) is 12.0. The molecule has 0 bridgehead atoms. The molecule has 0 atom stereocenters. The SMILES string of the molecule is CN(Cc1ccc(O)cc1)C(=O)Cn1cnnn1. The predicted molar refractivity (Wildman–Crippen MR) is 62.4 cm³/mol.